The Morgan fingerprint density at radius 1 is 1.23 bits per heavy atom. The Balaban J connectivity index is 2.28. The van der Waals surface area contributed by atoms with Crippen LogP contribution in [0, 0.1) is 22.7 Å². The zero-order valence-electron chi connectivity index (χ0n) is 18.7. The van der Waals surface area contributed by atoms with E-state index in [1.54, 1.807) is 13.8 Å². The first-order valence-corrected chi connectivity index (χ1v) is 10.4. The van der Waals surface area contributed by atoms with Crippen molar-refractivity contribution >= 4 is 23.4 Å². The average molecular weight is 503 g/mol. The minimum absolute atomic E-state index is 0.0212. The number of ether oxygens (including phenoxy) is 1. The molecule has 0 fully saturated rings. The summed E-state index contributed by atoms with van der Waals surface area (Å²) in [6.45, 7) is 3.39. The molecule has 0 aliphatic heterocycles. The molecule has 1 atom stereocenters. The third kappa shape index (κ3) is 4.38. The molecule has 2 heterocycles. The fraction of sp³-hybridized carbons (Fsp3) is 0.261. The van der Waals surface area contributed by atoms with Crippen molar-refractivity contribution in [1.29, 1.82) is 10.5 Å². The highest BCUT2D eigenvalue weighted by atomic mass is 35.5. The average Bonchev–Trinajstić information content (AvgIpc) is 3.32. The molecule has 0 radical (unpaired) electrons. The molecule has 0 bridgehead atoms. The lowest BCUT2D eigenvalue weighted by Gasteiger charge is -2.25. The van der Waals surface area contributed by atoms with Gasteiger partial charge in [-0.2, -0.15) is 28.8 Å². The van der Waals surface area contributed by atoms with Crippen LogP contribution in [-0.2, 0) is 21.2 Å². The number of pyridine rings is 1. The summed E-state index contributed by atoms with van der Waals surface area (Å²) in [5.41, 5.74) is 3.85. The molecule has 0 aliphatic rings. The second-order valence-corrected chi connectivity index (χ2v) is 8.09. The van der Waals surface area contributed by atoms with Gasteiger partial charge in [-0.25, -0.2) is 9.78 Å². The zero-order valence-corrected chi connectivity index (χ0v) is 19.5. The number of benzene rings is 1. The summed E-state index contributed by atoms with van der Waals surface area (Å²) >= 11 is 5.87. The number of nitriles is 2. The second kappa shape index (κ2) is 9.28. The number of nitrogen functional groups attached to an aromatic ring is 1. The molecular formula is C23H18ClF3N6O2. The van der Waals surface area contributed by atoms with Gasteiger partial charge in [0.2, 0.25) is 0 Å². The quantitative estimate of drug-likeness (QED) is 0.490. The van der Waals surface area contributed by atoms with Crippen molar-refractivity contribution in [1.82, 2.24) is 14.8 Å². The number of halogens is 4. The molecule has 12 heteroatoms. The van der Waals surface area contributed by atoms with Gasteiger partial charge >= 0.3 is 12.1 Å². The third-order valence-electron chi connectivity index (χ3n) is 5.69. The maximum absolute atomic E-state index is 13.2. The number of carbonyl (C=O) groups is 1. The highest BCUT2D eigenvalue weighted by molar-refractivity contribution is 6.31. The second-order valence-electron chi connectivity index (χ2n) is 7.68. The Morgan fingerprint density at radius 3 is 2.40 bits per heavy atom. The molecule has 3 rings (SSSR count). The van der Waals surface area contributed by atoms with E-state index < -0.39 is 28.3 Å². The van der Waals surface area contributed by atoms with E-state index in [2.05, 4.69) is 10.1 Å². The minimum Gasteiger partial charge on any atom is -0.467 e. The van der Waals surface area contributed by atoms with Gasteiger partial charge in [0, 0.05) is 17.3 Å². The lowest BCUT2D eigenvalue weighted by Crippen LogP contribution is -2.39. The molecule has 35 heavy (non-hydrogen) atoms. The highest BCUT2D eigenvalue weighted by Crippen LogP contribution is 2.40. The van der Waals surface area contributed by atoms with Crippen molar-refractivity contribution in [3.8, 4) is 34.5 Å². The van der Waals surface area contributed by atoms with Gasteiger partial charge in [-0.15, -0.1) is 0 Å². The van der Waals surface area contributed by atoms with E-state index in [0.717, 1.165) is 18.2 Å². The summed E-state index contributed by atoms with van der Waals surface area (Å²) < 4.78 is 45.8. The Kier molecular flexibility index (Phi) is 6.77. The molecule has 1 unspecified atom stereocenters. The molecule has 3 aromatic rings. The lowest BCUT2D eigenvalue weighted by molar-refractivity contribution is -0.151. The number of esters is 1. The number of aromatic nitrogens is 3. The number of carbonyl (C=O) groups excluding carboxylic acids is 1. The maximum Gasteiger partial charge on any atom is 0.417 e. The highest BCUT2D eigenvalue weighted by Gasteiger charge is 2.36. The summed E-state index contributed by atoms with van der Waals surface area (Å²) in [5.74, 6) is -0.783. The van der Waals surface area contributed by atoms with Crippen LogP contribution in [0.25, 0.3) is 22.4 Å². The van der Waals surface area contributed by atoms with E-state index in [9.17, 15) is 28.5 Å². The third-order valence-corrected chi connectivity index (χ3v) is 6.00. The Hall–Kier alpha value is -4.09. The van der Waals surface area contributed by atoms with Crippen LogP contribution in [0.15, 0.2) is 30.6 Å². The predicted octanol–water partition coefficient (Wildman–Crippen LogP) is 4.91. The fourth-order valence-electron chi connectivity index (χ4n) is 3.56. The van der Waals surface area contributed by atoms with Crippen molar-refractivity contribution in [3.05, 3.63) is 52.3 Å². The van der Waals surface area contributed by atoms with Crippen molar-refractivity contribution in [2.45, 2.75) is 32.0 Å². The molecule has 0 saturated carbocycles. The van der Waals surface area contributed by atoms with Crippen LogP contribution in [0.2, 0.25) is 5.02 Å². The maximum atomic E-state index is 13.2. The van der Waals surface area contributed by atoms with Crippen molar-refractivity contribution in [2.75, 3.05) is 12.8 Å². The zero-order chi connectivity index (χ0) is 26.1. The van der Waals surface area contributed by atoms with Crippen LogP contribution in [0.1, 0.15) is 37.0 Å². The van der Waals surface area contributed by atoms with Crippen molar-refractivity contribution in [2.24, 2.45) is 0 Å². The first kappa shape index (κ1) is 25.5. The Morgan fingerprint density at radius 2 is 1.89 bits per heavy atom. The van der Waals surface area contributed by atoms with Crippen LogP contribution < -0.4 is 5.73 Å². The summed E-state index contributed by atoms with van der Waals surface area (Å²) in [6.07, 6.45) is -1.52. The van der Waals surface area contributed by atoms with Crippen LogP contribution in [0.5, 0.6) is 0 Å². The Bertz CT molecular complexity index is 1400. The SMILES string of the molecule is CCC(C)(C(=O)OC)n1cc(-c2nc(N)c(C#N)c(-c3ccc(C(F)(F)F)c(Cl)c3)c2C#N)cn1. The van der Waals surface area contributed by atoms with E-state index in [-0.39, 0.29) is 33.8 Å². The van der Waals surface area contributed by atoms with E-state index in [0.29, 0.717) is 12.0 Å². The number of nitrogens with zero attached hydrogens (tertiary/aromatic N) is 5. The smallest absolute Gasteiger partial charge is 0.417 e. The van der Waals surface area contributed by atoms with E-state index in [4.69, 9.17) is 22.1 Å². The van der Waals surface area contributed by atoms with Gasteiger partial charge in [-0.3, -0.25) is 4.68 Å². The molecule has 0 aliphatic carbocycles. The Labute approximate surface area is 203 Å². The first-order chi connectivity index (χ1) is 16.4. The van der Waals surface area contributed by atoms with Gasteiger partial charge in [0.25, 0.3) is 0 Å². The van der Waals surface area contributed by atoms with Crippen LogP contribution >= 0.6 is 11.6 Å². The van der Waals surface area contributed by atoms with Gasteiger partial charge in [0.15, 0.2) is 5.54 Å². The first-order valence-electron chi connectivity index (χ1n) is 10.1. The number of methoxy groups -OCH3 is 1. The topological polar surface area (TPSA) is 131 Å². The van der Waals surface area contributed by atoms with Gasteiger partial charge in [0.1, 0.15) is 23.5 Å². The van der Waals surface area contributed by atoms with E-state index in [1.807, 2.05) is 12.1 Å². The molecule has 2 aromatic heterocycles. The van der Waals surface area contributed by atoms with Crippen LogP contribution in [0.3, 0.4) is 0 Å². The number of alkyl halides is 3. The van der Waals surface area contributed by atoms with Gasteiger partial charge in [-0.1, -0.05) is 24.6 Å². The summed E-state index contributed by atoms with van der Waals surface area (Å²) in [7, 11) is 1.25. The molecule has 180 valence electrons. The number of hydrogen-bond donors (Lipinski definition) is 1. The molecule has 1 aromatic carbocycles. The summed E-state index contributed by atoms with van der Waals surface area (Å²) in [5, 5.41) is 23.3. The minimum atomic E-state index is -4.69. The summed E-state index contributed by atoms with van der Waals surface area (Å²) in [4.78, 5) is 16.5. The van der Waals surface area contributed by atoms with Crippen molar-refractivity contribution in [3.63, 3.8) is 0 Å². The van der Waals surface area contributed by atoms with Crippen molar-refractivity contribution < 1.29 is 22.7 Å². The number of rotatable bonds is 5. The lowest BCUT2D eigenvalue weighted by atomic mass is 9.92. The molecule has 0 saturated heterocycles. The number of anilines is 1. The fourth-order valence-corrected chi connectivity index (χ4v) is 3.85. The molecule has 0 amide bonds. The van der Waals surface area contributed by atoms with E-state index >= 15 is 0 Å². The molecule has 0 spiro atoms. The monoisotopic (exact) mass is 502 g/mol. The number of hydrogen-bond acceptors (Lipinski definition) is 7. The normalized spacial score (nSPS) is 12.9. The molecular weight excluding hydrogens is 485 g/mol. The van der Waals surface area contributed by atoms with E-state index in [1.165, 1.54) is 24.2 Å². The predicted molar refractivity (Wildman–Crippen MR) is 121 cm³/mol. The van der Waals surface area contributed by atoms with Gasteiger partial charge in [-0.05, 0) is 31.0 Å². The number of nitrogens with two attached hydrogens (primary N) is 1. The van der Waals surface area contributed by atoms with Crippen LogP contribution in [0.4, 0.5) is 19.0 Å². The molecule has 2 N–H and O–H groups in total. The molecule has 8 nitrogen and oxygen atoms in total. The van der Waals surface area contributed by atoms with Gasteiger partial charge < -0.3 is 10.5 Å². The van der Waals surface area contributed by atoms with Crippen LogP contribution in [-0.4, -0.2) is 27.8 Å². The standard InChI is InChI=1S/C23H18ClF3N6O2/c1-4-22(2,21(34)35-3)33-11-13(10-31-33)19-14(8-28)18(15(9-29)20(30)32-19)12-5-6-16(17(24)7-12)23(25,26)27/h5-7,10-11H,4H2,1-3H3,(H2,30,32). The largest absolute Gasteiger partial charge is 0.467 e. The summed E-state index contributed by atoms with van der Waals surface area (Å²) in [6, 6.07) is 6.69. The van der Waals surface area contributed by atoms with Gasteiger partial charge in [0.05, 0.1) is 35.2 Å².